The molecule has 2 heterocycles. The smallest absolute Gasteiger partial charge is 0.246 e. The van der Waals surface area contributed by atoms with E-state index in [9.17, 15) is 4.79 Å². The molecule has 0 unspecified atom stereocenters. The van der Waals surface area contributed by atoms with Crippen LogP contribution in [0.25, 0.3) is 17.5 Å². The summed E-state index contributed by atoms with van der Waals surface area (Å²) in [5, 5.41) is 5.36. The Morgan fingerprint density at radius 2 is 1.80 bits per heavy atom. The summed E-state index contributed by atoms with van der Waals surface area (Å²) in [6, 6.07) is 14.7. The second-order valence-electron chi connectivity index (χ2n) is 7.01. The van der Waals surface area contributed by atoms with Crippen molar-refractivity contribution in [3.05, 3.63) is 76.1 Å². The highest BCUT2D eigenvalue weighted by Gasteiger charge is 2.21. The number of amides is 1. The minimum absolute atomic E-state index is 0.00237. The van der Waals surface area contributed by atoms with E-state index in [1.54, 1.807) is 24.3 Å². The lowest BCUT2D eigenvalue weighted by molar-refractivity contribution is -0.127. The molecule has 4 rings (SSSR count). The summed E-state index contributed by atoms with van der Waals surface area (Å²) in [5.74, 6) is 1.10. The van der Waals surface area contributed by atoms with Crippen molar-refractivity contribution in [2.75, 3.05) is 26.2 Å². The number of aromatic nitrogens is 2. The highest BCUT2D eigenvalue weighted by atomic mass is 35.5. The number of hydrogen-bond donors (Lipinski definition) is 0. The third-order valence-electron chi connectivity index (χ3n) is 4.88. The average molecular weight is 443 g/mol. The number of carbonyl (C=O) groups excluding carboxylic acids is 1. The Bertz CT molecular complexity index is 1040. The molecule has 0 spiro atoms. The Morgan fingerprint density at radius 1 is 1.03 bits per heavy atom. The fourth-order valence-electron chi connectivity index (χ4n) is 3.24. The van der Waals surface area contributed by atoms with Gasteiger partial charge in [0.1, 0.15) is 0 Å². The first-order chi connectivity index (χ1) is 14.6. The molecule has 3 aromatic rings. The van der Waals surface area contributed by atoms with E-state index in [1.165, 1.54) is 0 Å². The third-order valence-corrected chi connectivity index (χ3v) is 5.37. The summed E-state index contributed by atoms with van der Waals surface area (Å²) in [4.78, 5) is 20.9. The van der Waals surface area contributed by atoms with Gasteiger partial charge in [-0.3, -0.25) is 9.69 Å². The van der Waals surface area contributed by atoms with Gasteiger partial charge >= 0.3 is 0 Å². The molecule has 0 bridgehead atoms. The first-order valence-corrected chi connectivity index (χ1v) is 10.4. The number of piperazine rings is 1. The molecule has 1 amide bonds. The number of carbonyl (C=O) groups is 1. The molecule has 0 atom stereocenters. The summed E-state index contributed by atoms with van der Waals surface area (Å²) in [7, 11) is 0. The molecule has 30 heavy (non-hydrogen) atoms. The molecule has 0 saturated carbocycles. The molecule has 8 heteroatoms. The van der Waals surface area contributed by atoms with Gasteiger partial charge in [-0.2, -0.15) is 4.98 Å². The average Bonchev–Trinajstić information content (AvgIpc) is 3.21. The zero-order valence-electron chi connectivity index (χ0n) is 16.2. The predicted octanol–water partition coefficient (Wildman–Crippen LogP) is 4.40. The first-order valence-electron chi connectivity index (χ1n) is 9.60. The summed E-state index contributed by atoms with van der Waals surface area (Å²) < 4.78 is 5.39. The standard InChI is InChI=1S/C22H20Cl2N4O2/c23-18-7-5-17(6-8-18)22-25-20(30-26-22)15-27-10-12-28(13-11-27)21(29)9-4-16-2-1-3-19(24)14-16/h1-9,14H,10-13,15H2/b9-4+. The predicted molar refractivity (Wildman–Crippen MR) is 117 cm³/mol. The van der Waals surface area contributed by atoms with Crippen molar-refractivity contribution in [3.8, 4) is 11.4 Å². The molecule has 0 radical (unpaired) electrons. The van der Waals surface area contributed by atoms with Gasteiger partial charge in [0.05, 0.1) is 6.54 Å². The van der Waals surface area contributed by atoms with Gasteiger partial charge in [-0.1, -0.05) is 40.5 Å². The van der Waals surface area contributed by atoms with Gasteiger partial charge in [-0.05, 0) is 48.0 Å². The van der Waals surface area contributed by atoms with Crippen LogP contribution in [0.5, 0.6) is 0 Å². The SMILES string of the molecule is O=C(/C=C/c1cccc(Cl)c1)N1CCN(Cc2nc(-c3ccc(Cl)cc3)no2)CC1. The van der Waals surface area contributed by atoms with Gasteiger partial charge < -0.3 is 9.42 Å². The van der Waals surface area contributed by atoms with Crippen LogP contribution in [0.3, 0.4) is 0 Å². The maximum atomic E-state index is 12.4. The summed E-state index contributed by atoms with van der Waals surface area (Å²) in [5.41, 5.74) is 1.76. The van der Waals surface area contributed by atoms with Crippen molar-refractivity contribution in [2.24, 2.45) is 0 Å². The minimum Gasteiger partial charge on any atom is -0.338 e. The summed E-state index contributed by atoms with van der Waals surface area (Å²) in [6.45, 7) is 3.35. The Labute approximate surface area is 184 Å². The van der Waals surface area contributed by atoms with Crippen LogP contribution in [0.4, 0.5) is 0 Å². The Hall–Kier alpha value is -2.67. The maximum Gasteiger partial charge on any atom is 0.246 e. The molecule has 1 aliphatic rings. The Balaban J connectivity index is 1.28. The van der Waals surface area contributed by atoms with Crippen molar-refractivity contribution < 1.29 is 9.32 Å². The van der Waals surface area contributed by atoms with Gasteiger partial charge in [-0.15, -0.1) is 0 Å². The van der Waals surface area contributed by atoms with E-state index in [2.05, 4.69) is 15.0 Å². The molecule has 6 nitrogen and oxygen atoms in total. The van der Waals surface area contributed by atoms with Crippen LogP contribution >= 0.6 is 23.2 Å². The molecule has 0 N–H and O–H groups in total. The quantitative estimate of drug-likeness (QED) is 0.547. The highest BCUT2D eigenvalue weighted by Crippen LogP contribution is 2.19. The minimum atomic E-state index is -0.00237. The van der Waals surface area contributed by atoms with Crippen molar-refractivity contribution in [1.29, 1.82) is 0 Å². The lowest BCUT2D eigenvalue weighted by Crippen LogP contribution is -2.47. The first kappa shape index (κ1) is 20.6. The van der Waals surface area contributed by atoms with Crippen LogP contribution in [0, 0.1) is 0 Å². The number of hydrogen-bond acceptors (Lipinski definition) is 5. The number of rotatable bonds is 5. The van der Waals surface area contributed by atoms with Crippen LogP contribution in [0.1, 0.15) is 11.5 Å². The molecule has 2 aromatic carbocycles. The fourth-order valence-corrected chi connectivity index (χ4v) is 3.56. The van der Waals surface area contributed by atoms with Gasteiger partial charge in [0.25, 0.3) is 0 Å². The van der Waals surface area contributed by atoms with Crippen molar-refractivity contribution in [3.63, 3.8) is 0 Å². The van der Waals surface area contributed by atoms with E-state index in [4.69, 9.17) is 27.7 Å². The summed E-state index contributed by atoms with van der Waals surface area (Å²) >= 11 is 11.9. The number of halogens is 2. The van der Waals surface area contributed by atoms with Crippen LogP contribution in [0.15, 0.2) is 59.1 Å². The molecule has 1 saturated heterocycles. The van der Waals surface area contributed by atoms with E-state index < -0.39 is 0 Å². The van der Waals surface area contributed by atoms with Crippen molar-refractivity contribution >= 4 is 35.2 Å². The van der Waals surface area contributed by atoms with E-state index in [1.807, 2.05) is 41.3 Å². The largest absolute Gasteiger partial charge is 0.338 e. The van der Waals surface area contributed by atoms with Crippen molar-refractivity contribution in [1.82, 2.24) is 19.9 Å². The fraction of sp³-hybridized carbons (Fsp3) is 0.227. The monoisotopic (exact) mass is 442 g/mol. The normalized spacial score (nSPS) is 15.1. The second-order valence-corrected chi connectivity index (χ2v) is 7.88. The Morgan fingerprint density at radius 3 is 2.53 bits per heavy atom. The molecular formula is C22H20Cl2N4O2. The lowest BCUT2D eigenvalue weighted by Gasteiger charge is -2.33. The molecule has 0 aliphatic carbocycles. The van der Waals surface area contributed by atoms with Crippen LogP contribution in [-0.4, -0.2) is 52.0 Å². The molecule has 1 aromatic heterocycles. The molecule has 154 valence electrons. The zero-order chi connectivity index (χ0) is 20.9. The molecule has 1 aliphatic heterocycles. The van der Waals surface area contributed by atoms with Crippen LogP contribution < -0.4 is 0 Å². The molecule has 1 fully saturated rings. The van der Waals surface area contributed by atoms with Crippen LogP contribution in [0.2, 0.25) is 10.0 Å². The van der Waals surface area contributed by atoms with E-state index >= 15 is 0 Å². The second kappa shape index (κ2) is 9.43. The van der Waals surface area contributed by atoms with E-state index in [-0.39, 0.29) is 5.91 Å². The topological polar surface area (TPSA) is 62.5 Å². The van der Waals surface area contributed by atoms with Gasteiger partial charge in [-0.25, -0.2) is 0 Å². The van der Waals surface area contributed by atoms with E-state index in [0.717, 1.165) is 24.2 Å². The maximum absolute atomic E-state index is 12.4. The van der Waals surface area contributed by atoms with Crippen LogP contribution in [-0.2, 0) is 11.3 Å². The van der Waals surface area contributed by atoms with Gasteiger partial charge in [0.2, 0.25) is 17.6 Å². The van der Waals surface area contributed by atoms with Crippen molar-refractivity contribution in [2.45, 2.75) is 6.54 Å². The number of nitrogens with zero attached hydrogens (tertiary/aromatic N) is 4. The zero-order valence-corrected chi connectivity index (χ0v) is 17.7. The summed E-state index contributed by atoms with van der Waals surface area (Å²) in [6.07, 6.45) is 3.38. The number of benzene rings is 2. The van der Waals surface area contributed by atoms with E-state index in [0.29, 0.717) is 41.4 Å². The molecular weight excluding hydrogens is 423 g/mol. The Kier molecular flexibility index (Phi) is 6.47. The van der Waals surface area contributed by atoms with Gasteiger partial charge in [0, 0.05) is 47.9 Å². The lowest BCUT2D eigenvalue weighted by atomic mass is 10.2. The van der Waals surface area contributed by atoms with Gasteiger partial charge in [0.15, 0.2) is 0 Å². The third kappa shape index (κ3) is 5.27. The highest BCUT2D eigenvalue weighted by molar-refractivity contribution is 6.31.